The molecule has 5 rings (SSSR count). The fourth-order valence-electron chi connectivity index (χ4n) is 2.99. The lowest BCUT2D eigenvalue weighted by atomic mass is 10.2. The van der Waals surface area contributed by atoms with Gasteiger partial charge in [-0.3, -0.25) is 9.78 Å². The molecule has 7 nitrogen and oxygen atoms in total. The van der Waals surface area contributed by atoms with Gasteiger partial charge in [0, 0.05) is 25.5 Å². The maximum Gasteiger partial charge on any atom is 0.258 e. The van der Waals surface area contributed by atoms with Crippen LogP contribution in [0.15, 0.2) is 54.2 Å². The van der Waals surface area contributed by atoms with E-state index >= 15 is 0 Å². The number of fused-ring (bicyclic) bond motifs is 1. The lowest BCUT2D eigenvalue weighted by Crippen LogP contribution is -2.37. The van der Waals surface area contributed by atoms with Crippen molar-refractivity contribution in [3.8, 4) is 11.5 Å². The average Bonchev–Trinajstić information content (AvgIpc) is 3.17. The Morgan fingerprint density at radius 1 is 1.07 bits per heavy atom. The molecule has 1 amide bonds. The Hall–Kier alpha value is -3.39. The van der Waals surface area contributed by atoms with Crippen LogP contribution in [-0.2, 0) is 0 Å². The van der Waals surface area contributed by atoms with Gasteiger partial charge in [-0.05, 0) is 42.1 Å². The molecule has 0 saturated carbocycles. The first-order chi connectivity index (χ1) is 13.8. The number of aromatic nitrogens is 4. The first-order valence-corrected chi connectivity index (χ1v) is 9.85. The molecule has 4 aromatic rings. The summed E-state index contributed by atoms with van der Waals surface area (Å²) in [6.07, 6.45) is 4.49. The third kappa shape index (κ3) is 3.07. The van der Waals surface area contributed by atoms with Crippen LogP contribution < -0.4 is 10.2 Å². The Kier molecular flexibility index (Phi) is 4.17. The van der Waals surface area contributed by atoms with E-state index in [2.05, 4.69) is 30.2 Å². The van der Waals surface area contributed by atoms with E-state index in [0.717, 1.165) is 29.1 Å². The quantitative estimate of drug-likeness (QED) is 0.575. The molecule has 4 aromatic heterocycles. The summed E-state index contributed by atoms with van der Waals surface area (Å²) in [6, 6.07) is 11.2. The molecule has 8 heteroatoms. The smallest absolute Gasteiger partial charge is 0.258 e. The summed E-state index contributed by atoms with van der Waals surface area (Å²) in [5.41, 5.74) is 1.15. The fraction of sp³-hybridized carbons (Fsp3) is 0.150. The molecule has 1 N–H and O–H groups in total. The highest BCUT2D eigenvalue weighted by molar-refractivity contribution is 7.16. The molecule has 0 radical (unpaired) electrons. The van der Waals surface area contributed by atoms with Crippen molar-refractivity contribution >= 4 is 39.1 Å². The summed E-state index contributed by atoms with van der Waals surface area (Å²) in [6.45, 7) is 2.04. The Labute approximate surface area is 165 Å². The maximum absolute atomic E-state index is 12.8. The van der Waals surface area contributed by atoms with Gasteiger partial charge in [-0.15, -0.1) is 11.3 Å². The zero-order chi connectivity index (χ0) is 18.9. The molecule has 0 aromatic carbocycles. The fourth-order valence-corrected chi connectivity index (χ4v) is 3.76. The van der Waals surface area contributed by atoms with Crippen LogP contribution >= 0.6 is 11.3 Å². The largest absolute Gasteiger partial charge is 0.356 e. The van der Waals surface area contributed by atoms with E-state index in [1.54, 1.807) is 18.5 Å². The molecule has 0 atom stereocenters. The van der Waals surface area contributed by atoms with Gasteiger partial charge in [-0.25, -0.2) is 15.0 Å². The molecule has 0 aliphatic carbocycles. The summed E-state index contributed by atoms with van der Waals surface area (Å²) in [7, 11) is 0. The summed E-state index contributed by atoms with van der Waals surface area (Å²) >= 11 is 1.50. The van der Waals surface area contributed by atoms with E-state index < -0.39 is 0 Å². The van der Waals surface area contributed by atoms with Gasteiger partial charge in [-0.1, -0.05) is 6.07 Å². The van der Waals surface area contributed by atoms with Crippen LogP contribution in [0, 0.1) is 0 Å². The predicted octanol–water partition coefficient (Wildman–Crippen LogP) is 3.61. The predicted molar refractivity (Wildman–Crippen MR) is 110 cm³/mol. The van der Waals surface area contributed by atoms with E-state index in [4.69, 9.17) is 0 Å². The second kappa shape index (κ2) is 6.97. The molecular weight excluding hydrogens is 372 g/mol. The number of pyridine rings is 2. The minimum atomic E-state index is -0.249. The van der Waals surface area contributed by atoms with Gasteiger partial charge in [0.25, 0.3) is 5.91 Å². The molecule has 0 spiro atoms. The van der Waals surface area contributed by atoms with Gasteiger partial charge in [0.05, 0.1) is 10.9 Å². The molecule has 138 valence electrons. The summed E-state index contributed by atoms with van der Waals surface area (Å²) < 4.78 is 0. The Morgan fingerprint density at radius 3 is 2.71 bits per heavy atom. The summed E-state index contributed by atoms with van der Waals surface area (Å²) in [5.74, 6) is 1.61. The molecule has 5 heterocycles. The molecule has 0 bridgehead atoms. The summed E-state index contributed by atoms with van der Waals surface area (Å²) in [4.78, 5) is 33.6. The number of rotatable bonds is 4. The highest BCUT2D eigenvalue weighted by atomic mass is 32.1. The lowest BCUT2D eigenvalue weighted by molar-refractivity contribution is 0.102. The van der Waals surface area contributed by atoms with E-state index in [9.17, 15) is 4.79 Å². The van der Waals surface area contributed by atoms with Crippen molar-refractivity contribution in [2.45, 2.75) is 6.42 Å². The normalized spacial score (nSPS) is 13.4. The van der Waals surface area contributed by atoms with Gasteiger partial charge < -0.3 is 10.2 Å². The summed E-state index contributed by atoms with van der Waals surface area (Å²) in [5, 5.41) is 5.65. The standard InChI is InChI=1S/C20H16N6OS/c27-19(13-5-6-16(22-12-13)26-9-3-10-26)24-17-14-7-11-28-20(14)25-18(23-17)15-4-1-2-8-21-15/h1-2,4-8,11-12H,3,9-10H2,(H,23,24,25,27). The van der Waals surface area contributed by atoms with Crippen LogP contribution in [0.1, 0.15) is 16.8 Å². The SMILES string of the molecule is O=C(Nc1nc(-c2ccccn2)nc2sccc12)c1ccc(N2CCC2)nc1. The molecular formula is C20H16N6OS. The van der Waals surface area contributed by atoms with Gasteiger partial charge in [0.15, 0.2) is 5.82 Å². The number of amides is 1. The van der Waals surface area contributed by atoms with Crippen LogP contribution in [0.5, 0.6) is 0 Å². The topological polar surface area (TPSA) is 83.9 Å². The maximum atomic E-state index is 12.8. The number of hydrogen-bond donors (Lipinski definition) is 1. The van der Waals surface area contributed by atoms with Gasteiger partial charge in [0.1, 0.15) is 22.2 Å². The minimum Gasteiger partial charge on any atom is -0.356 e. The first-order valence-electron chi connectivity index (χ1n) is 8.97. The van der Waals surface area contributed by atoms with E-state index in [1.807, 2.05) is 35.7 Å². The number of hydrogen-bond acceptors (Lipinski definition) is 7. The van der Waals surface area contributed by atoms with Gasteiger partial charge in [0.2, 0.25) is 0 Å². The van der Waals surface area contributed by atoms with Crippen LogP contribution in [0.4, 0.5) is 11.6 Å². The van der Waals surface area contributed by atoms with E-state index in [0.29, 0.717) is 22.9 Å². The van der Waals surface area contributed by atoms with Crippen LogP contribution in [-0.4, -0.2) is 38.9 Å². The average molecular weight is 388 g/mol. The van der Waals surface area contributed by atoms with Crippen LogP contribution in [0.2, 0.25) is 0 Å². The minimum absolute atomic E-state index is 0.249. The Balaban J connectivity index is 1.45. The van der Waals surface area contributed by atoms with Crippen molar-refractivity contribution in [3.63, 3.8) is 0 Å². The molecule has 1 aliphatic heterocycles. The lowest BCUT2D eigenvalue weighted by Gasteiger charge is -2.31. The Morgan fingerprint density at radius 2 is 2.00 bits per heavy atom. The van der Waals surface area contributed by atoms with Crippen molar-refractivity contribution in [1.29, 1.82) is 0 Å². The monoisotopic (exact) mass is 388 g/mol. The van der Waals surface area contributed by atoms with Crippen molar-refractivity contribution < 1.29 is 4.79 Å². The highest BCUT2D eigenvalue weighted by Crippen LogP contribution is 2.28. The number of nitrogens with zero attached hydrogens (tertiary/aromatic N) is 5. The van der Waals surface area contributed by atoms with Crippen molar-refractivity contribution in [2.75, 3.05) is 23.3 Å². The number of carbonyl (C=O) groups is 1. The first kappa shape index (κ1) is 16.8. The Bertz CT molecular complexity index is 1140. The third-order valence-electron chi connectivity index (χ3n) is 4.64. The number of carbonyl (C=O) groups excluding carboxylic acids is 1. The molecule has 28 heavy (non-hydrogen) atoms. The third-order valence-corrected chi connectivity index (χ3v) is 5.45. The zero-order valence-corrected chi connectivity index (χ0v) is 15.7. The molecule has 0 unspecified atom stereocenters. The molecule has 1 aliphatic rings. The van der Waals surface area contributed by atoms with Gasteiger partial charge >= 0.3 is 0 Å². The zero-order valence-electron chi connectivity index (χ0n) is 14.9. The van der Waals surface area contributed by atoms with Crippen LogP contribution in [0.3, 0.4) is 0 Å². The van der Waals surface area contributed by atoms with Crippen LogP contribution in [0.25, 0.3) is 21.7 Å². The second-order valence-corrected chi connectivity index (χ2v) is 7.34. The van der Waals surface area contributed by atoms with E-state index in [-0.39, 0.29) is 5.91 Å². The number of anilines is 2. The molecule has 1 fully saturated rings. The molecule has 1 saturated heterocycles. The number of nitrogens with one attached hydrogen (secondary N) is 1. The van der Waals surface area contributed by atoms with Crippen molar-refractivity contribution in [1.82, 2.24) is 19.9 Å². The number of thiophene rings is 1. The van der Waals surface area contributed by atoms with Crippen molar-refractivity contribution in [3.05, 3.63) is 59.7 Å². The van der Waals surface area contributed by atoms with Gasteiger partial charge in [-0.2, -0.15) is 0 Å². The van der Waals surface area contributed by atoms with Crippen molar-refractivity contribution in [2.24, 2.45) is 0 Å². The second-order valence-electron chi connectivity index (χ2n) is 6.45. The van der Waals surface area contributed by atoms with E-state index in [1.165, 1.54) is 17.8 Å². The highest BCUT2D eigenvalue weighted by Gasteiger charge is 2.17.